The third-order valence-corrected chi connectivity index (χ3v) is 4.19. The summed E-state index contributed by atoms with van der Waals surface area (Å²) in [4.78, 5) is 4.26. The molecule has 0 radical (unpaired) electrons. The van der Waals surface area contributed by atoms with Gasteiger partial charge >= 0.3 is 0 Å². The molecule has 17 heavy (non-hydrogen) atoms. The predicted molar refractivity (Wildman–Crippen MR) is 70.3 cm³/mol. The van der Waals surface area contributed by atoms with Gasteiger partial charge in [0.05, 0.1) is 6.10 Å². The smallest absolute Gasteiger partial charge is 0.202 e. The van der Waals surface area contributed by atoms with Gasteiger partial charge in [-0.05, 0) is 38.5 Å². The summed E-state index contributed by atoms with van der Waals surface area (Å²) in [6.07, 6.45) is 6.82. The molecule has 96 valence electrons. The van der Waals surface area contributed by atoms with Crippen LogP contribution in [0.25, 0.3) is 0 Å². The number of aryl methyl sites for hydroxylation is 1. The van der Waals surface area contributed by atoms with Gasteiger partial charge in [0, 0.05) is 18.1 Å². The van der Waals surface area contributed by atoms with Crippen LogP contribution in [-0.4, -0.2) is 27.1 Å². The normalized spacial score (nSPS) is 24.8. The van der Waals surface area contributed by atoms with Crippen molar-refractivity contribution in [3.05, 3.63) is 5.82 Å². The second-order valence-electron chi connectivity index (χ2n) is 4.83. The van der Waals surface area contributed by atoms with Crippen LogP contribution >= 0.6 is 11.5 Å². The molecule has 5 heteroatoms. The lowest BCUT2D eigenvalue weighted by Crippen LogP contribution is -2.24. The number of aliphatic hydroxyl groups excluding tert-OH is 1. The fraction of sp³-hybridized carbons (Fsp3) is 0.833. The maximum absolute atomic E-state index is 9.85. The van der Waals surface area contributed by atoms with E-state index in [9.17, 15) is 5.11 Å². The highest BCUT2D eigenvalue weighted by Crippen LogP contribution is 2.27. The van der Waals surface area contributed by atoms with E-state index in [1.807, 2.05) is 6.92 Å². The molecule has 0 bridgehead atoms. The second kappa shape index (κ2) is 6.31. The van der Waals surface area contributed by atoms with Crippen molar-refractivity contribution in [1.82, 2.24) is 9.36 Å². The van der Waals surface area contributed by atoms with E-state index >= 15 is 0 Å². The van der Waals surface area contributed by atoms with Gasteiger partial charge in [0.2, 0.25) is 5.13 Å². The fourth-order valence-electron chi connectivity index (χ4n) is 2.45. The molecule has 1 aliphatic carbocycles. The van der Waals surface area contributed by atoms with Gasteiger partial charge in [0.15, 0.2) is 0 Å². The van der Waals surface area contributed by atoms with Crippen molar-refractivity contribution in [2.75, 3.05) is 11.9 Å². The van der Waals surface area contributed by atoms with E-state index in [-0.39, 0.29) is 6.10 Å². The molecular weight excluding hydrogens is 234 g/mol. The molecule has 0 spiro atoms. The van der Waals surface area contributed by atoms with E-state index in [0.717, 1.165) is 36.8 Å². The lowest BCUT2D eigenvalue weighted by molar-refractivity contribution is 0.0648. The molecule has 1 aromatic heterocycles. The number of aromatic nitrogens is 2. The van der Waals surface area contributed by atoms with Crippen LogP contribution in [0.5, 0.6) is 0 Å². The fourth-order valence-corrected chi connectivity index (χ4v) is 3.05. The van der Waals surface area contributed by atoms with Crippen LogP contribution in [0.3, 0.4) is 0 Å². The zero-order chi connectivity index (χ0) is 12.1. The molecule has 1 fully saturated rings. The quantitative estimate of drug-likeness (QED) is 0.794. The van der Waals surface area contributed by atoms with Crippen LogP contribution < -0.4 is 5.32 Å². The third-order valence-electron chi connectivity index (χ3n) is 3.42. The standard InChI is InChI=1S/C12H21N3OS/c1-9-14-12(17-15-9)13-8-4-6-10-5-2-3-7-11(10)16/h10-11,16H,2-8H2,1H3,(H,13,14,15). The largest absolute Gasteiger partial charge is 0.393 e. The Morgan fingerprint density at radius 3 is 2.94 bits per heavy atom. The minimum atomic E-state index is -0.0625. The van der Waals surface area contributed by atoms with Crippen molar-refractivity contribution in [3.8, 4) is 0 Å². The molecule has 0 amide bonds. The molecule has 1 aromatic rings. The maximum atomic E-state index is 9.85. The Kier molecular flexibility index (Phi) is 4.74. The molecule has 2 rings (SSSR count). The van der Waals surface area contributed by atoms with Crippen LogP contribution in [0.2, 0.25) is 0 Å². The van der Waals surface area contributed by atoms with Crippen LogP contribution in [0.4, 0.5) is 5.13 Å². The number of nitrogens with zero attached hydrogens (tertiary/aromatic N) is 2. The van der Waals surface area contributed by atoms with Gasteiger partial charge < -0.3 is 10.4 Å². The highest BCUT2D eigenvalue weighted by atomic mass is 32.1. The van der Waals surface area contributed by atoms with Gasteiger partial charge in [-0.15, -0.1) is 0 Å². The van der Waals surface area contributed by atoms with Crippen molar-refractivity contribution in [3.63, 3.8) is 0 Å². The number of hydrogen-bond donors (Lipinski definition) is 2. The number of anilines is 1. The number of hydrogen-bond acceptors (Lipinski definition) is 5. The van der Waals surface area contributed by atoms with E-state index in [4.69, 9.17) is 0 Å². The van der Waals surface area contributed by atoms with Crippen LogP contribution in [0, 0.1) is 12.8 Å². The van der Waals surface area contributed by atoms with Crippen molar-refractivity contribution in [2.24, 2.45) is 5.92 Å². The summed E-state index contributed by atoms with van der Waals surface area (Å²) in [7, 11) is 0. The molecule has 1 saturated carbocycles. The third kappa shape index (κ3) is 3.92. The Hall–Kier alpha value is -0.680. The Labute approximate surface area is 107 Å². The molecule has 0 aliphatic heterocycles. The van der Waals surface area contributed by atoms with Crippen LogP contribution in [0.15, 0.2) is 0 Å². The monoisotopic (exact) mass is 255 g/mol. The number of nitrogens with one attached hydrogen (secondary N) is 1. The topological polar surface area (TPSA) is 58.0 Å². The summed E-state index contributed by atoms with van der Waals surface area (Å²) in [5.74, 6) is 1.35. The molecule has 1 heterocycles. The van der Waals surface area contributed by atoms with E-state index in [1.54, 1.807) is 0 Å². The van der Waals surface area contributed by atoms with Gasteiger partial charge in [-0.3, -0.25) is 0 Å². The summed E-state index contributed by atoms with van der Waals surface area (Å²) in [6, 6.07) is 0. The van der Waals surface area contributed by atoms with E-state index in [1.165, 1.54) is 30.8 Å². The summed E-state index contributed by atoms with van der Waals surface area (Å²) >= 11 is 1.41. The van der Waals surface area contributed by atoms with Crippen molar-refractivity contribution in [1.29, 1.82) is 0 Å². The van der Waals surface area contributed by atoms with Gasteiger partial charge in [-0.1, -0.05) is 12.8 Å². The molecule has 2 unspecified atom stereocenters. The highest BCUT2D eigenvalue weighted by molar-refractivity contribution is 7.09. The first-order valence-corrected chi connectivity index (χ1v) is 7.25. The first-order chi connectivity index (χ1) is 8.25. The van der Waals surface area contributed by atoms with Crippen LogP contribution in [0.1, 0.15) is 44.3 Å². The summed E-state index contributed by atoms with van der Waals surface area (Å²) in [5, 5.41) is 14.0. The van der Waals surface area contributed by atoms with Gasteiger partial charge in [-0.2, -0.15) is 4.37 Å². The SMILES string of the molecule is Cc1nsc(NCCCC2CCCCC2O)n1. The lowest BCUT2D eigenvalue weighted by Gasteiger charge is -2.27. The van der Waals surface area contributed by atoms with Crippen LogP contribution in [-0.2, 0) is 0 Å². The first-order valence-electron chi connectivity index (χ1n) is 6.48. The molecule has 0 aromatic carbocycles. The Morgan fingerprint density at radius 2 is 2.24 bits per heavy atom. The van der Waals surface area contributed by atoms with E-state index in [0.29, 0.717) is 5.92 Å². The summed E-state index contributed by atoms with van der Waals surface area (Å²) in [5.41, 5.74) is 0. The van der Waals surface area contributed by atoms with E-state index < -0.39 is 0 Å². The molecule has 0 saturated heterocycles. The minimum absolute atomic E-state index is 0.0625. The average molecular weight is 255 g/mol. The molecule has 2 N–H and O–H groups in total. The molecule has 2 atom stereocenters. The zero-order valence-electron chi connectivity index (χ0n) is 10.4. The van der Waals surface area contributed by atoms with E-state index in [2.05, 4.69) is 14.7 Å². The highest BCUT2D eigenvalue weighted by Gasteiger charge is 2.22. The van der Waals surface area contributed by atoms with Crippen molar-refractivity contribution >= 4 is 16.7 Å². The summed E-state index contributed by atoms with van der Waals surface area (Å²) < 4.78 is 4.13. The lowest BCUT2D eigenvalue weighted by atomic mass is 9.83. The Balaban J connectivity index is 1.62. The zero-order valence-corrected chi connectivity index (χ0v) is 11.2. The maximum Gasteiger partial charge on any atom is 0.202 e. The Morgan fingerprint density at radius 1 is 1.41 bits per heavy atom. The first kappa shape index (κ1) is 12.8. The predicted octanol–water partition coefficient (Wildman–Crippen LogP) is 2.59. The molecular formula is C12H21N3OS. The number of rotatable bonds is 5. The second-order valence-corrected chi connectivity index (χ2v) is 5.58. The van der Waals surface area contributed by atoms with Crippen molar-refractivity contribution < 1.29 is 5.11 Å². The van der Waals surface area contributed by atoms with Gasteiger partial charge in [-0.25, -0.2) is 4.98 Å². The summed E-state index contributed by atoms with van der Waals surface area (Å²) in [6.45, 7) is 2.83. The van der Waals surface area contributed by atoms with Crippen molar-refractivity contribution in [2.45, 2.75) is 51.6 Å². The average Bonchev–Trinajstić information content (AvgIpc) is 2.73. The molecule has 4 nitrogen and oxygen atoms in total. The minimum Gasteiger partial charge on any atom is -0.393 e. The number of aliphatic hydroxyl groups is 1. The van der Waals surface area contributed by atoms with Gasteiger partial charge in [0.25, 0.3) is 0 Å². The molecule has 1 aliphatic rings. The van der Waals surface area contributed by atoms with Gasteiger partial charge in [0.1, 0.15) is 5.82 Å². The Bertz CT molecular complexity index is 342.